The van der Waals surface area contributed by atoms with E-state index < -0.39 is 5.97 Å². The maximum atomic E-state index is 12.4. The molecule has 2 N–H and O–H groups in total. The van der Waals surface area contributed by atoms with E-state index in [1.807, 2.05) is 0 Å². The van der Waals surface area contributed by atoms with Crippen LogP contribution in [0.25, 0.3) is 5.69 Å². The van der Waals surface area contributed by atoms with Crippen molar-refractivity contribution in [2.24, 2.45) is 5.92 Å². The zero-order valence-electron chi connectivity index (χ0n) is 16.5. The third-order valence-corrected chi connectivity index (χ3v) is 5.66. The molecule has 29 heavy (non-hydrogen) atoms. The van der Waals surface area contributed by atoms with E-state index in [9.17, 15) is 14.4 Å². The van der Waals surface area contributed by atoms with Crippen molar-refractivity contribution in [1.29, 1.82) is 0 Å². The molecular formula is C21H26N4O4. The van der Waals surface area contributed by atoms with Crippen LogP contribution in [0.5, 0.6) is 0 Å². The molecule has 1 saturated heterocycles. The molecule has 0 bridgehead atoms. The predicted molar refractivity (Wildman–Crippen MR) is 107 cm³/mol. The molecule has 2 aromatic rings. The summed E-state index contributed by atoms with van der Waals surface area (Å²) < 4.78 is 5.95. The molecule has 8 nitrogen and oxygen atoms in total. The summed E-state index contributed by atoms with van der Waals surface area (Å²) in [6.07, 6.45) is 3.77. The SMILES string of the molecule is COC(=O)Cc1cc(=O)n(-c2ccc(C(=O)NCC3CCN(C4CC4)C3)cc2)[nH]1. The second-order valence-corrected chi connectivity index (χ2v) is 7.85. The maximum absolute atomic E-state index is 12.4. The first-order chi connectivity index (χ1) is 14.0. The maximum Gasteiger partial charge on any atom is 0.311 e. The Morgan fingerprint density at radius 1 is 1.21 bits per heavy atom. The van der Waals surface area contributed by atoms with E-state index >= 15 is 0 Å². The summed E-state index contributed by atoms with van der Waals surface area (Å²) in [6.45, 7) is 2.91. The van der Waals surface area contributed by atoms with Crippen LogP contribution in [-0.2, 0) is 16.0 Å². The van der Waals surface area contributed by atoms with Crippen molar-refractivity contribution in [3.05, 3.63) is 51.9 Å². The number of hydrogen-bond acceptors (Lipinski definition) is 5. The number of nitrogens with zero attached hydrogens (tertiary/aromatic N) is 2. The normalized spacial score (nSPS) is 19.3. The van der Waals surface area contributed by atoms with Gasteiger partial charge in [-0.05, 0) is 56.0 Å². The topological polar surface area (TPSA) is 96.4 Å². The number of esters is 1. The Hall–Kier alpha value is -2.87. The molecule has 2 heterocycles. The molecule has 0 radical (unpaired) electrons. The van der Waals surface area contributed by atoms with E-state index in [0.717, 1.165) is 25.6 Å². The molecule has 1 aliphatic heterocycles. The minimum absolute atomic E-state index is 0.00142. The summed E-state index contributed by atoms with van der Waals surface area (Å²) >= 11 is 0. The van der Waals surface area contributed by atoms with Crippen molar-refractivity contribution in [2.45, 2.75) is 31.7 Å². The van der Waals surface area contributed by atoms with Crippen LogP contribution in [0.3, 0.4) is 0 Å². The first-order valence-electron chi connectivity index (χ1n) is 10.0. The highest BCUT2D eigenvalue weighted by Crippen LogP contribution is 2.31. The second-order valence-electron chi connectivity index (χ2n) is 7.85. The molecule has 8 heteroatoms. The number of methoxy groups -OCH3 is 1. The number of H-pyrrole nitrogens is 1. The van der Waals surface area contributed by atoms with Crippen LogP contribution in [0.15, 0.2) is 35.1 Å². The van der Waals surface area contributed by atoms with Gasteiger partial charge in [0.15, 0.2) is 0 Å². The molecule has 1 aliphatic carbocycles. The summed E-state index contributed by atoms with van der Waals surface area (Å²) in [6, 6.07) is 8.96. The monoisotopic (exact) mass is 398 g/mol. The molecular weight excluding hydrogens is 372 g/mol. The molecule has 4 rings (SSSR count). The molecule has 154 valence electrons. The van der Waals surface area contributed by atoms with Crippen LogP contribution in [-0.4, -0.2) is 59.3 Å². The van der Waals surface area contributed by atoms with Crippen molar-refractivity contribution in [2.75, 3.05) is 26.7 Å². The van der Waals surface area contributed by atoms with Crippen LogP contribution in [0.4, 0.5) is 0 Å². The fourth-order valence-corrected chi connectivity index (χ4v) is 3.86. The Balaban J connectivity index is 1.34. The van der Waals surface area contributed by atoms with Gasteiger partial charge >= 0.3 is 5.97 Å². The van der Waals surface area contributed by atoms with Crippen LogP contribution in [0.1, 0.15) is 35.3 Å². The number of ether oxygens (including phenoxy) is 1. The minimum atomic E-state index is -0.423. The molecule has 1 aromatic heterocycles. The Labute approximate surface area is 168 Å². The number of likely N-dealkylation sites (tertiary alicyclic amines) is 1. The second kappa shape index (κ2) is 8.24. The van der Waals surface area contributed by atoms with E-state index in [1.54, 1.807) is 24.3 Å². The van der Waals surface area contributed by atoms with Gasteiger partial charge in [-0.25, -0.2) is 4.68 Å². The number of rotatable bonds is 7. The van der Waals surface area contributed by atoms with E-state index in [1.165, 1.54) is 30.7 Å². The Morgan fingerprint density at radius 3 is 2.66 bits per heavy atom. The number of aromatic amines is 1. The van der Waals surface area contributed by atoms with Gasteiger partial charge in [0, 0.05) is 36.5 Å². The molecule has 0 spiro atoms. The first kappa shape index (κ1) is 19.4. The van der Waals surface area contributed by atoms with Crippen molar-refractivity contribution in [1.82, 2.24) is 20.0 Å². The lowest BCUT2D eigenvalue weighted by Crippen LogP contribution is -2.31. The third-order valence-electron chi connectivity index (χ3n) is 5.66. The zero-order chi connectivity index (χ0) is 20.4. The molecule has 1 amide bonds. The minimum Gasteiger partial charge on any atom is -0.469 e. The average molecular weight is 398 g/mol. The molecule has 1 saturated carbocycles. The van der Waals surface area contributed by atoms with Gasteiger partial charge in [-0.1, -0.05) is 0 Å². The lowest BCUT2D eigenvalue weighted by atomic mass is 10.1. The van der Waals surface area contributed by atoms with E-state index in [0.29, 0.717) is 29.4 Å². The first-order valence-corrected chi connectivity index (χ1v) is 10.0. The van der Waals surface area contributed by atoms with Crippen LogP contribution >= 0.6 is 0 Å². The smallest absolute Gasteiger partial charge is 0.311 e. The Morgan fingerprint density at radius 2 is 1.97 bits per heavy atom. The molecule has 1 aromatic carbocycles. The standard InChI is InChI=1S/C21H26N4O4/c1-29-20(27)11-16-10-19(26)25(23-16)18-4-2-15(3-5-18)21(28)22-12-14-8-9-24(13-14)17-6-7-17/h2-5,10,14,17,23H,6-9,11-13H2,1H3,(H,22,28). The molecule has 1 unspecified atom stereocenters. The summed E-state index contributed by atoms with van der Waals surface area (Å²) in [5.74, 6) is -0.0101. The van der Waals surface area contributed by atoms with Crippen LogP contribution in [0, 0.1) is 5.92 Å². The van der Waals surface area contributed by atoms with Gasteiger partial charge in [0.05, 0.1) is 19.2 Å². The number of carbonyl (C=O) groups excluding carboxylic acids is 2. The van der Waals surface area contributed by atoms with Gasteiger partial charge in [0.1, 0.15) is 0 Å². The van der Waals surface area contributed by atoms with Gasteiger partial charge in [-0.3, -0.25) is 19.5 Å². The van der Waals surface area contributed by atoms with E-state index in [4.69, 9.17) is 0 Å². The van der Waals surface area contributed by atoms with Crippen molar-refractivity contribution in [3.63, 3.8) is 0 Å². The van der Waals surface area contributed by atoms with Gasteiger partial charge in [0.25, 0.3) is 11.5 Å². The number of amides is 1. The lowest BCUT2D eigenvalue weighted by molar-refractivity contribution is -0.139. The summed E-state index contributed by atoms with van der Waals surface area (Å²) in [7, 11) is 1.30. The Bertz CT molecular complexity index is 942. The quantitative estimate of drug-likeness (QED) is 0.681. The number of benzene rings is 1. The number of nitrogens with one attached hydrogen (secondary N) is 2. The van der Waals surface area contributed by atoms with Crippen LogP contribution < -0.4 is 10.9 Å². The number of hydrogen-bond donors (Lipinski definition) is 2. The zero-order valence-corrected chi connectivity index (χ0v) is 16.5. The summed E-state index contributed by atoms with van der Waals surface area (Å²) in [5.41, 5.74) is 1.35. The van der Waals surface area contributed by atoms with Gasteiger partial charge < -0.3 is 15.0 Å². The van der Waals surface area contributed by atoms with Crippen molar-refractivity contribution in [3.8, 4) is 5.69 Å². The summed E-state index contributed by atoms with van der Waals surface area (Å²) in [4.78, 5) is 38.5. The summed E-state index contributed by atoms with van der Waals surface area (Å²) in [5, 5.41) is 5.92. The predicted octanol–water partition coefficient (Wildman–Crippen LogP) is 1.10. The van der Waals surface area contributed by atoms with Crippen molar-refractivity contribution >= 4 is 11.9 Å². The Kier molecular flexibility index (Phi) is 5.53. The van der Waals surface area contributed by atoms with Crippen molar-refractivity contribution < 1.29 is 14.3 Å². The molecule has 2 fully saturated rings. The highest BCUT2D eigenvalue weighted by molar-refractivity contribution is 5.94. The highest BCUT2D eigenvalue weighted by atomic mass is 16.5. The molecule has 1 atom stereocenters. The van der Waals surface area contributed by atoms with Crippen LogP contribution in [0.2, 0.25) is 0 Å². The molecule has 2 aliphatic rings. The number of aromatic nitrogens is 2. The lowest BCUT2D eigenvalue weighted by Gasteiger charge is -2.15. The fourth-order valence-electron chi connectivity index (χ4n) is 3.86. The van der Waals surface area contributed by atoms with E-state index in [-0.39, 0.29) is 17.9 Å². The average Bonchev–Trinajstić information content (AvgIpc) is 3.36. The van der Waals surface area contributed by atoms with Gasteiger partial charge in [-0.15, -0.1) is 0 Å². The number of carbonyl (C=O) groups is 2. The van der Waals surface area contributed by atoms with Gasteiger partial charge in [-0.2, -0.15) is 0 Å². The fraction of sp³-hybridized carbons (Fsp3) is 0.476. The van der Waals surface area contributed by atoms with E-state index in [2.05, 4.69) is 20.1 Å². The third kappa shape index (κ3) is 4.59. The largest absolute Gasteiger partial charge is 0.469 e. The highest BCUT2D eigenvalue weighted by Gasteiger charge is 2.34. The van der Waals surface area contributed by atoms with Gasteiger partial charge in [0.2, 0.25) is 0 Å².